The van der Waals surface area contributed by atoms with Gasteiger partial charge in [0, 0.05) is 18.3 Å². The molecular formula is C25H34N2O2S. The summed E-state index contributed by atoms with van der Waals surface area (Å²) in [6.45, 7) is 10.4. The molecule has 5 heteroatoms. The number of nitrogens with zero attached hydrogens (tertiary/aromatic N) is 1. The predicted molar refractivity (Wildman–Crippen MR) is 126 cm³/mol. The van der Waals surface area contributed by atoms with Gasteiger partial charge in [-0.2, -0.15) is 0 Å². The zero-order chi connectivity index (χ0) is 22.1. The van der Waals surface area contributed by atoms with Crippen molar-refractivity contribution < 1.29 is 9.59 Å². The zero-order valence-corrected chi connectivity index (χ0v) is 19.6. The van der Waals surface area contributed by atoms with Gasteiger partial charge in [0.2, 0.25) is 11.8 Å². The van der Waals surface area contributed by atoms with Crippen molar-refractivity contribution in [2.24, 2.45) is 0 Å². The van der Waals surface area contributed by atoms with Crippen molar-refractivity contribution >= 4 is 23.6 Å². The molecule has 1 atom stereocenters. The average Bonchev–Trinajstić information content (AvgIpc) is 2.68. The van der Waals surface area contributed by atoms with E-state index in [0.717, 1.165) is 16.9 Å². The Balaban J connectivity index is 2.14. The Labute approximate surface area is 185 Å². The van der Waals surface area contributed by atoms with Gasteiger partial charge in [-0.15, -0.1) is 11.8 Å². The molecule has 0 bridgehead atoms. The van der Waals surface area contributed by atoms with Gasteiger partial charge in [-0.05, 0) is 50.8 Å². The van der Waals surface area contributed by atoms with Crippen LogP contribution in [0, 0.1) is 13.8 Å². The third kappa shape index (κ3) is 7.21. The molecule has 2 amide bonds. The third-order valence-corrected chi connectivity index (χ3v) is 5.96. The van der Waals surface area contributed by atoms with Crippen LogP contribution in [-0.4, -0.2) is 34.6 Å². The summed E-state index contributed by atoms with van der Waals surface area (Å²) in [6, 6.07) is 15.9. The van der Waals surface area contributed by atoms with Crippen LogP contribution in [0.4, 0.5) is 0 Å². The summed E-state index contributed by atoms with van der Waals surface area (Å²) in [5, 5.41) is 2.98. The Kier molecular flexibility index (Phi) is 9.44. The lowest BCUT2D eigenvalue weighted by Crippen LogP contribution is -2.50. The van der Waals surface area contributed by atoms with Crippen LogP contribution < -0.4 is 5.32 Å². The van der Waals surface area contributed by atoms with Crippen molar-refractivity contribution in [1.29, 1.82) is 0 Å². The topological polar surface area (TPSA) is 49.4 Å². The minimum atomic E-state index is -0.473. The lowest BCUT2D eigenvalue weighted by Gasteiger charge is -2.31. The monoisotopic (exact) mass is 426 g/mol. The molecule has 0 spiro atoms. The number of carbonyl (C=O) groups excluding carboxylic acids is 2. The molecular weight excluding hydrogens is 392 g/mol. The van der Waals surface area contributed by atoms with Crippen LogP contribution in [0.25, 0.3) is 0 Å². The van der Waals surface area contributed by atoms with Crippen LogP contribution in [-0.2, 0) is 21.9 Å². The van der Waals surface area contributed by atoms with E-state index in [1.165, 1.54) is 11.1 Å². The molecule has 0 saturated heterocycles. The van der Waals surface area contributed by atoms with E-state index in [1.807, 2.05) is 58.0 Å². The lowest BCUT2D eigenvalue weighted by atomic mass is 10.1. The molecule has 0 aliphatic carbocycles. The van der Waals surface area contributed by atoms with Gasteiger partial charge in [0.25, 0.3) is 0 Å². The molecule has 0 aromatic heterocycles. The molecule has 162 valence electrons. The number of aryl methyl sites for hydroxylation is 2. The highest BCUT2D eigenvalue weighted by Gasteiger charge is 2.28. The van der Waals surface area contributed by atoms with Gasteiger partial charge in [-0.25, -0.2) is 0 Å². The summed E-state index contributed by atoms with van der Waals surface area (Å²) in [6.07, 6.45) is 0.582. The van der Waals surface area contributed by atoms with Crippen molar-refractivity contribution in [3.8, 4) is 0 Å². The van der Waals surface area contributed by atoms with Crippen LogP contribution in [0.1, 0.15) is 49.4 Å². The van der Waals surface area contributed by atoms with E-state index in [4.69, 9.17) is 0 Å². The second-order valence-electron chi connectivity index (χ2n) is 8.02. The van der Waals surface area contributed by atoms with E-state index in [-0.39, 0.29) is 17.9 Å². The molecule has 0 heterocycles. The summed E-state index contributed by atoms with van der Waals surface area (Å²) in [7, 11) is 0. The summed E-state index contributed by atoms with van der Waals surface area (Å²) in [5.74, 6) is 1.05. The number of hydrogen-bond donors (Lipinski definition) is 1. The third-order valence-electron chi connectivity index (χ3n) is 5.00. The fourth-order valence-electron chi connectivity index (χ4n) is 3.41. The maximum atomic E-state index is 13.2. The largest absolute Gasteiger partial charge is 0.352 e. The van der Waals surface area contributed by atoms with Crippen molar-refractivity contribution in [3.63, 3.8) is 0 Å². The molecule has 0 aliphatic rings. The number of nitrogens with one attached hydrogen (secondary N) is 1. The van der Waals surface area contributed by atoms with E-state index >= 15 is 0 Å². The molecule has 0 aliphatic heterocycles. The highest BCUT2D eigenvalue weighted by atomic mass is 32.2. The fraction of sp³-hybridized carbons (Fsp3) is 0.440. The normalized spacial score (nSPS) is 11.9. The summed E-state index contributed by atoms with van der Waals surface area (Å²) in [4.78, 5) is 27.8. The molecule has 1 N–H and O–H groups in total. The van der Waals surface area contributed by atoms with Gasteiger partial charge in [0.15, 0.2) is 0 Å². The quantitative estimate of drug-likeness (QED) is 0.590. The van der Waals surface area contributed by atoms with Gasteiger partial charge in [-0.1, -0.05) is 61.0 Å². The van der Waals surface area contributed by atoms with E-state index in [1.54, 1.807) is 16.7 Å². The maximum absolute atomic E-state index is 13.2. The van der Waals surface area contributed by atoms with Crippen LogP contribution in [0.15, 0.2) is 48.5 Å². The Morgan fingerprint density at radius 3 is 2.43 bits per heavy atom. The first-order valence-corrected chi connectivity index (χ1v) is 11.7. The van der Waals surface area contributed by atoms with Crippen LogP contribution in [0.2, 0.25) is 0 Å². The highest BCUT2D eigenvalue weighted by molar-refractivity contribution is 7.99. The minimum Gasteiger partial charge on any atom is -0.352 e. The van der Waals surface area contributed by atoms with Crippen molar-refractivity contribution in [2.45, 2.75) is 65.4 Å². The second-order valence-corrected chi connectivity index (χ2v) is 9.00. The molecule has 0 radical (unpaired) electrons. The zero-order valence-electron chi connectivity index (χ0n) is 18.8. The van der Waals surface area contributed by atoms with E-state index < -0.39 is 6.04 Å². The first-order chi connectivity index (χ1) is 14.3. The number of thioether (sulfide) groups is 1. The van der Waals surface area contributed by atoms with E-state index in [2.05, 4.69) is 30.4 Å². The Bertz CT molecular complexity index is 851. The number of hydrogen-bond acceptors (Lipinski definition) is 3. The smallest absolute Gasteiger partial charge is 0.243 e. The molecule has 2 aromatic carbocycles. The number of benzene rings is 2. The fourth-order valence-corrected chi connectivity index (χ4v) is 4.40. The van der Waals surface area contributed by atoms with Crippen molar-refractivity contribution in [2.75, 3.05) is 5.75 Å². The van der Waals surface area contributed by atoms with Crippen molar-refractivity contribution in [3.05, 3.63) is 70.8 Å². The van der Waals surface area contributed by atoms with E-state index in [0.29, 0.717) is 18.7 Å². The summed E-state index contributed by atoms with van der Waals surface area (Å²) < 4.78 is 0. The number of amides is 2. The Morgan fingerprint density at radius 1 is 1.07 bits per heavy atom. The van der Waals surface area contributed by atoms with E-state index in [9.17, 15) is 9.59 Å². The molecule has 4 nitrogen and oxygen atoms in total. The standard InChI is InChI=1S/C25H34N2O2S/c1-6-23(25(29)26-18(2)3)27(15-21-12-9-10-19(4)14-21)24(28)17-30-16-22-13-8-7-11-20(22)5/h7-14,18,23H,6,15-17H2,1-5H3,(H,26,29). The number of rotatable bonds is 10. The van der Waals surface area contributed by atoms with Gasteiger partial charge >= 0.3 is 0 Å². The Morgan fingerprint density at radius 2 is 1.80 bits per heavy atom. The van der Waals surface area contributed by atoms with Gasteiger partial charge in [0.1, 0.15) is 6.04 Å². The first-order valence-electron chi connectivity index (χ1n) is 10.6. The number of carbonyl (C=O) groups is 2. The van der Waals surface area contributed by atoms with Gasteiger partial charge < -0.3 is 10.2 Å². The van der Waals surface area contributed by atoms with Crippen LogP contribution >= 0.6 is 11.8 Å². The highest BCUT2D eigenvalue weighted by Crippen LogP contribution is 2.19. The van der Waals surface area contributed by atoms with Gasteiger partial charge in [-0.3, -0.25) is 9.59 Å². The average molecular weight is 427 g/mol. The second kappa shape index (κ2) is 11.8. The molecule has 2 aromatic rings. The SMILES string of the molecule is CCC(C(=O)NC(C)C)N(Cc1cccc(C)c1)C(=O)CSCc1ccccc1C. The predicted octanol–water partition coefficient (Wildman–Crippen LogP) is 4.87. The molecule has 1 unspecified atom stereocenters. The summed E-state index contributed by atoms with van der Waals surface area (Å²) in [5.41, 5.74) is 4.67. The Hall–Kier alpha value is -2.27. The summed E-state index contributed by atoms with van der Waals surface area (Å²) >= 11 is 1.60. The molecule has 0 fully saturated rings. The molecule has 2 rings (SSSR count). The minimum absolute atomic E-state index is 0.000784. The lowest BCUT2D eigenvalue weighted by molar-refractivity contribution is -0.139. The van der Waals surface area contributed by atoms with Crippen LogP contribution in [0.5, 0.6) is 0 Å². The first kappa shape index (κ1) is 24.0. The van der Waals surface area contributed by atoms with Crippen molar-refractivity contribution in [1.82, 2.24) is 10.2 Å². The maximum Gasteiger partial charge on any atom is 0.243 e. The van der Waals surface area contributed by atoms with Gasteiger partial charge in [0.05, 0.1) is 5.75 Å². The van der Waals surface area contributed by atoms with Crippen LogP contribution in [0.3, 0.4) is 0 Å². The molecule has 30 heavy (non-hydrogen) atoms. The molecule has 0 saturated carbocycles.